The van der Waals surface area contributed by atoms with Gasteiger partial charge in [-0.1, -0.05) is 0 Å². The van der Waals surface area contributed by atoms with Crippen molar-refractivity contribution in [2.75, 3.05) is 19.6 Å². The number of nitrogens with one attached hydrogen (secondary N) is 1. The molecule has 1 unspecified atom stereocenters. The lowest BCUT2D eigenvalue weighted by atomic mass is 10.3. The Morgan fingerprint density at radius 3 is 3.08 bits per heavy atom. The van der Waals surface area contributed by atoms with Crippen LogP contribution in [0.3, 0.4) is 0 Å². The second-order valence-electron chi connectivity index (χ2n) is 3.06. The highest BCUT2D eigenvalue weighted by Gasteiger charge is 2.19. The van der Waals surface area contributed by atoms with Crippen LogP contribution in [-0.4, -0.2) is 35.8 Å². The van der Waals surface area contributed by atoms with Gasteiger partial charge in [0.2, 0.25) is 0 Å². The largest absolute Gasteiger partial charge is 0.372 e. The number of hydrogen-bond acceptors (Lipinski definition) is 4. The lowest BCUT2D eigenvalue weighted by Crippen LogP contribution is -2.22. The van der Waals surface area contributed by atoms with Crippen LogP contribution in [0.4, 0.5) is 0 Å². The summed E-state index contributed by atoms with van der Waals surface area (Å²) in [7, 11) is 0. The lowest BCUT2D eigenvalue weighted by Gasteiger charge is -2.07. The molecule has 0 aromatic rings. The highest BCUT2D eigenvalue weighted by atomic mass is 32.2. The van der Waals surface area contributed by atoms with E-state index in [0.717, 1.165) is 26.1 Å². The van der Waals surface area contributed by atoms with Gasteiger partial charge in [-0.3, -0.25) is 9.98 Å². The first kappa shape index (κ1) is 8.10. The van der Waals surface area contributed by atoms with Crippen LogP contribution in [0.2, 0.25) is 0 Å². The van der Waals surface area contributed by atoms with Crippen molar-refractivity contribution in [2.24, 2.45) is 9.98 Å². The predicted octanol–water partition coefficient (Wildman–Crippen LogP) is 0.912. The van der Waals surface area contributed by atoms with Gasteiger partial charge < -0.3 is 5.32 Å². The summed E-state index contributed by atoms with van der Waals surface area (Å²) in [5.41, 5.74) is 0. The summed E-state index contributed by atoms with van der Waals surface area (Å²) in [5.74, 6) is 1.18. The number of nitrogens with zero attached hydrogens (tertiary/aromatic N) is 2. The molecule has 0 saturated heterocycles. The monoisotopic (exact) mass is 183 g/mol. The molecule has 1 N–H and O–H groups in total. The third-order valence-electron chi connectivity index (χ3n) is 2.02. The van der Waals surface area contributed by atoms with Crippen LogP contribution in [0.1, 0.15) is 13.3 Å². The van der Waals surface area contributed by atoms with Crippen LogP contribution < -0.4 is 5.32 Å². The molecule has 3 nitrogen and oxygen atoms in total. The summed E-state index contributed by atoms with van der Waals surface area (Å²) in [5, 5.41) is 5.14. The van der Waals surface area contributed by atoms with Crippen molar-refractivity contribution < 1.29 is 0 Å². The molecule has 12 heavy (non-hydrogen) atoms. The third kappa shape index (κ3) is 1.80. The van der Waals surface area contributed by atoms with Gasteiger partial charge in [0.15, 0.2) is 0 Å². The van der Waals surface area contributed by atoms with Crippen molar-refractivity contribution in [3.8, 4) is 0 Å². The van der Waals surface area contributed by atoms with E-state index in [4.69, 9.17) is 0 Å². The van der Waals surface area contributed by atoms with Crippen molar-refractivity contribution >= 4 is 22.6 Å². The molecule has 0 bridgehead atoms. The fourth-order valence-electron chi connectivity index (χ4n) is 1.45. The molecule has 66 valence electrons. The minimum atomic E-state index is 0.634. The van der Waals surface area contributed by atoms with Crippen LogP contribution in [-0.2, 0) is 0 Å². The van der Waals surface area contributed by atoms with Crippen molar-refractivity contribution in [3.05, 3.63) is 0 Å². The average molecular weight is 183 g/mol. The number of thioether (sulfide) groups is 1. The topological polar surface area (TPSA) is 36.8 Å². The molecular formula is C8H13N3S. The van der Waals surface area contributed by atoms with Crippen molar-refractivity contribution in [1.82, 2.24) is 5.32 Å². The molecule has 0 fully saturated rings. The van der Waals surface area contributed by atoms with Crippen LogP contribution in [0.25, 0.3) is 0 Å². The third-order valence-corrected chi connectivity index (χ3v) is 3.14. The molecule has 2 aliphatic heterocycles. The smallest absolute Gasteiger partial charge is 0.0976 e. The maximum atomic E-state index is 4.37. The van der Waals surface area contributed by atoms with E-state index in [-0.39, 0.29) is 0 Å². The normalized spacial score (nSPS) is 28.2. The Morgan fingerprint density at radius 2 is 2.50 bits per heavy atom. The molecular weight excluding hydrogens is 170 g/mol. The van der Waals surface area contributed by atoms with E-state index in [9.17, 15) is 0 Å². The highest BCUT2D eigenvalue weighted by molar-refractivity contribution is 8.14. The molecule has 0 aromatic carbocycles. The summed E-state index contributed by atoms with van der Waals surface area (Å²) < 4.78 is 0. The Kier molecular flexibility index (Phi) is 2.35. The molecule has 0 aromatic heterocycles. The zero-order chi connectivity index (χ0) is 8.39. The number of hydrogen-bond donors (Lipinski definition) is 1. The summed E-state index contributed by atoms with van der Waals surface area (Å²) in [6, 6.07) is 0. The molecule has 2 rings (SSSR count). The van der Waals surface area contributed by atoms with Crippen LogP contribution in [0, 0.1) is 0 Å². The van der Waals surface area contributed by atoms with Gasteiger partial charge in [-0.05, 0) is 6.92 Å². The van der Waals surface area contributed by atoms with Gasteiger partial charge in [-0.2, -0.15) is 0 Å². The number of rotatable bonds is 2. The Morgan fingerprint density at radius 1 is 1.58 bits per heavy atom. The summed E-state index contributed by atoms with van der Waals surface area (Å²) in [6.45, 7) is 5.02. The average Bonchev–Trinajstić information content (AvgIpc) is 2.63. The fraction of sp³-hybridized carbons (Fsp3) is 0.750. The zero-order valence-electron chi connectivity index (χ0n) is 7.21. The summed E-state index contributed by atoms with van der Waals surface area (Å²) >= 11 is 1.88. The molecule has 0 amide bonds. The van der Waals surface area contributed by atoms with E-state index < -0.39 is 0 Å². The lowest BCUT2D eigenvalue weighted by molar-refractivity contribution is 0.888. The van der Waals surface area contributed by atoms with Gasteiger partial charge in [-0.15, -0.1) is 11.8 Å². The quantitative estimate of drug-likeness (QED) is 0.691. The molecule has 2 heterocycles. The van der Waals surface area contributed by atoms with Crippen LogP contribution in [0.5, 0.6) is 0 Å². The van der Waals surface area contributed by atoms with Gasteiger partial charge in [0.1, 0.15) is 0 Å². The van der Waals surface area contributed by atoms with E-state index in [2.05, 4.69) is 22.2 Å². The fourth-order valence-corrected chi connectivity index (χ4v) is 2.47. The van der Waals surface area contributed by atoms with E-state index >= 15 is 0 Å². The second kappa shape index (κ2) is 3.47. The van der Waals surface area contributed by atoms with Crippen molar-refractivity contribution in [3.63, 3.8) is 0 Å². The van der Waals surface area contributed by atoms with Gasteiger partial charge in [0.25, 0.3) is 0 Å². The van der Waals surface area contributed by atoms with Gasteiger partial charge in [-0.25, -0.2) is 0 Å². The maximum Gasteiger partial charge on any atom is 0.0976 e. The van der Waals surface area contributed by atoms with Crippen LogP contribution >= 0.6 is 11.8 Å². The van der Waals surface area contributed by atoms with Gasteiger partial charge in [0, 0.05) is 18.2 Å². The SMILES string of the molecule is CC1=NCC(CC2=NCCN2)S1. The minimum Gasteiger partial charge on any atom is -0.372 e. The van der Waals surface area contributed by atoms with E-state index in [1.807, 2.05) is 11.8 Å². The first-order chi connectivity index (χ1) is 5.84. The molecule has 4 heteroatoms. The molecule has 2 aliphatic rings. The molecule has 1 atom stereocenters. The Balaban J connectivity index is 1.81. The number of aliphatic imine (C=N–C) groups is 2. The second-order valence-corrected chi connectivity index (χ2v) is 4.55. The predicted molar refractivity (Wildman–Crippen MR) is 54.3 cm³/mol. The Hall–Kier alpha value is -0.510. The van der Waals surface area contributed by atoms with E-state index in [1.54, 1.807) is 0 Å². The Bertz CT molecular complexity index is 234. The summed E-state index contributed by atoms with van der Waals surface area (Å²) in [6.07, 6.45) is 1.06. The minimum absolute atomic E-state index is 0.634. The van der Waals surface area contributed by atoms with Gasteiger partial charge >= 0.3 is 0 Å². The molecule has 0 aliphatic carbocycles. The Labute approximate surface area is 76.7 Å². The van der Waals surface area contributed by atoms with Crippen molar-refractivity contribution in [1.29, 1.82) is 0 Å². The highest BCUT2D eigenvalue weighted by Crippen LogP contribution is 2.23. The van der Waals surface area contributed by atoms with E-state index in [0.29, 0.717) is 5.25 Å². The van der Waals surface area contributed by atoms with Crippen molar-refractivity contribution in [2.45, 2.75) is 18.6 Å². The first-order valence-electron chi connectivity index (χ1n) is 4.29. The van der Waals surface area contributed by atoms with E-state index in [1.165, 1.54) is 10.9 Å². The molecule has 0 spiro atoms. The molecule has 0 saturated carbocycles. The molecule has 0 radical (unpaired) electrons. The maximum absolute atomic E-state index is 4.37. The zero-order valence-corrected chi connectivity index (χ0v) is 8.02. The van der Waals surface area contributed by atoms with Gasteiger partial charge in [0.05, 0.1) is 24.0 Å². The standard InChI is InChI=1S/C8H13N3S/c1-6-11-5-7(12-6)4-8-9-2-3-10-8/h7H,2-5H2,1H3,(H,9,10). The summed E-state index contributed by atoms with van der Waals surface area (Å²) in [4.78, 5) is 8.72. The number of amidine groups is 1. The first-order valence-corrected chi connectivity index (χ1v) is 5.17. The van der Waals surface area contributed by atoms with Crippen LogP contribution in [0.15, 0.2) is 9.98 Å².